The molecule has 2 heterocycles. The third-order valence-electron chi connectivity index (χ3n) is 5.37. The van der Waals surface area contributed by atoms with Gasteiger partial charge in [-0.3, -0.25) is 4.79 Å². The highest BCUT2D eigenvalue weighted by Gasteiger charge is 2.18. The highest BCUT2D eigenvalue weighted by Crippen LogP contribution is 2.33. The van der Waals surface area contributed by atoms with Gasteiger partial charge in [0.05, 0.1) is 11.6 Å². The van der Waals surface area contributed by atoms with Crippen molar-refractivity contribution in [3.63, 3.8) is 0 Å². The minimum absolute atomic E-state index is 0.161. The molecule has 1 amide bonds. The number of fused-ring (bicyclic) bond motifs is 1. The zero-order valence-corrected chi connectivity index (χ0v) is 18.6. The maximum absolute atomic E-state index is 12.6. The number of rotatable bonds is 7. The fraction of sp³-hybridized carbons (Fsp3) is 0.192. The van der Waals surface area contributed by atoms with E-state index in [2.05, 4.69) is 15.5 Å². The van der Waals surface area contributed by atoms with Gasteiger partial charge in [0.2, 0.25) is 5.89 Å². The van der Waals surface area contributed by atoms with Crippen LogP contribution in [0.25, 0.3) is 22.9 Å². The number of carbonyl (C=O) groups is 1. The average molecular weight is 457 g/mol. The first kappa shape index (κ1) is 21.5. The molecule has 0 aliphatic carbocycles. The highest BCUT2D eigenvalue weighted by molar-refractivity contribution is 5.78. The largest absolute Gasteiger partial charge is 0.486 e. The van der Waals surface area contributed by atoms with E-state index in [1.54, 1.807) is 6.07 Å². The Labute approximate surface area is 196 Å². The van der Waals surface area contributed by atoms with Crippen LogP contribution >= 0.6 is 0 Å². The van der Waals surface area contributed by atoms with E-state index >= 15 is 0 Å². The van der Waals surface area contributed by atoms with E-state index in [1.807, 2.05) is 73.7 Å². The topological polar surface area (TPSA) is 95.7 Å². The molecular formula is C26H23N3O5. The van der Waals surface area contributed by atoms with E-state index in [-0.39, 0.29) is 18.6 Å². The van der Waals surface area contributed by atoms with Gasteiger partial charge in [-0.1, -0.05) is 36.4 Å². The minimum atomic E-state index is -0.257. The van der Waals surface area contributed by atoms with Crippen LogP contribution in [0, 0.1) is 0 Å². The van der Waals surface area contributed by atoms with Crippen LogP contribution in [0.2, 0.25) is 0 Å². The van der Waals surface area contributed by atoms with Crippen molar-refractivity contribution in [1.82, 2.24) is 15.5 Å². The lowest BCUT2D eigenvalue weighted by Crippen LogP contribution is -2.31. The second-order valence-electron chi connectivity index (χ2n) is 7.76. The van der Waals surface area contributed by atoms with Crippen molar-refractivity contribution in [2.75, 3.05) is 19.8 Å². The molecule has 0 saturated heterocycles. The maximum atomic E-state index is 12.6. The number of carbonyl (C=O) groups excluding carboxylic acids is 1. The minimum Gasteiger partial charge on any atom is -0.486 e. The summed E-state index contributed by atoms with van der Waals surface area (Å²) < 4.78 is 22.8. The Balaban J connectivity index is 1.24. The lowest BCUT2D eigenvalue weighted by molar-refractivity contribution is -0.123. The van der Waals surface area contributed by atoms with E-state index in [1.165, 1.54) is 0 Å². The zero-order chi connectivity index (χ0) is 23.3. The molecule has 5 rings (SSSR count). The second kappa shape index (κ2) is 9.66. The van der Waals surface area contributed by atoms with Crippen LogP contribution in [0.15, 0.2) is 77.2 Å². The lowest BCUT2D eigenvalue weighted by atomic mass is 10.1. The van der Waals surface area contributed by atoms with Crippen LogP contribution in [0.5, 0.6) is 17.2 Å². The van der Waals surface area contributed by atoms with Crippen molar-refractivity contribution in [1.29, 1.82) is 0 Å². The molecule has 1 aliphatic rings. The number of ether oxygens (including phenoxy) is 3. The van der Waals surface area contributed by atoms with Crippen molar-refractivity contribution in [2.24, 2.45) is 0 Å². The summed E-state index contributed by atoms with van der Waals surface area (Å²) in [5.74, 6) is 2.35. The molecular weight excluding hydrogens is 434 g/mol. The van der Waals surface area contributed by atoms with Crippen molar-refractivity contribution in [3.05, 3.63) is 78.4 Å². The summed E-state index contributed by atoms with van der Waals surface area (Å²) >= 11 is 0. The van der Waals surface area contributed by atoms with Gasteiger partial charge in [-0.25, -0.2) is 0 Å². The van der Waals surface area contributed by atoms with E-state index in [0.717, 1.165) is 11.1 Å². The number of hydrogen-bond donors (Lipinski definition) is 1. The van der Waals surface area contributed by atoms with Crippen molar-refractivity contribution in [2.45, 2.75) is 13.0 Å². The lowest BCUT2D eigenvalue weighted by Gasteiger charge is -2.21. The zero-order valence-electron chi connectivity index (χ0n) is 18.6. The molecule has 3 aromatic carbocycles. The first-order chi connectivity index (χ1) is 16.7. The molecule has 0 fully saturated rings. The van der Waals surface area contributed by atoms with E-state index in [0.29, 0.717) is 47.8 Å². The Morgan fingerprint density at radius 2 is 1.68 bits per heavy atom. The predicted octanol–water partition coefficient (Wildman–Crippen LogP) is 4.43. The number of benzene rings is 3. The second-order valence-corrected chi connectivity index (χ2v) is 7.76. The van der Waals surface area contributed by atoms with Crippen molar-refractivity contribution < 1.29 is 23.4 Å². The van der Waals surface area contributed by atoms with Gasteiger partial charge in [0.25, 0.3) is 11.8 Å². The Morgan fingerprint density at radius 1 is 0.941 bits per heavy atom. The first-order valence-corrected chi connectivity index (χ1v) is 11.0. The Bertz CT molecular complexity index is 1290. The van der Waals surface area contributed by atoms with Gasteiger partial charge in [0.1, 0.15) is 19.0 Å². The molecule has 4 aromatic rings. The Hall–Kier alpha value is -4.33. The maximum Gasteiger partial charge on any atom is 0.258 e. The molecule has 0 spiro atoms. The molecule has 0 bridgehead atoms. The van der Waals surface area contributed by atoms with Gasteiger partial charge in [0, 0.05) is 5.56 Å². The Kier molecular flexibility index (Phi) is 6.11. The number of nitrogens with one attached hydrogen (secondary N) is 1. The van der Waals surface area contributed by atoms with Gasteiger partial charge in [-0.05, 0) is 48.9 Å². The number of aromatic nitrogens is 2. The third kappa shape index (κ3) is 4.71. The van der Waals surface area contributed by atoms with E-state index in [9.17, 15) is 4.79 Å². The van der Waals surface area contributed by atoms with Gasteiger partial charge < -0.3 is 23.9 Å². The number of amides is 1. The molecule has 1 unspecified atom stereocenters. The smallest absolute Gasteiger partial charge is 0.258 e. The van der Waals surface area contributed by atoms with E-state index in [4.69, 9.17) is 18.6 Å². The summed E-state index contributed by atoms with van der Waals surface area (Å²) in [7, 11) is 0. The fourth-order valence-corrected chi connectivity index (χ4v) is 3.64. The molecule has 8 heteroatoms. The molecule has 1 aromatic heterocycles. The molecule has 0 radical (unpaired) electrons. The van der Waals surface area contributed by atoms with Crippen molar-refractivity contribution in [3.8, 4) is 40.2 Å². The first-order valence-electron chi connectivity index (χ1n) is 11.0. The van der Waals surface area contributed by atoms with Crippen LogP contribution in [0.4, 0.5) is 0 Å². The monoisotopic (exact) mass is 457 g/mol. The normalized spacial score (nSPS) is 13.2. The molecule has 1 aliphatic heterocycles. The molecule has 0 saturated carbocycles. The standard InChI is InChI=1S/C26H23N3O5/c1-17(19-11-12-22-23(15-19)32-14-13-31-22)27-24(30)16-33-21-10-6-5-9-20(21)26-29-28-25(34-26)18-7-3-2-4-8-18/h2-12,15,17H,13-14,16H2,1H3,(H,27,30). The van der Waals surface area contributed by atoms with Crippen LogP contribution < -0.4 is 19.5 Å². The van der Waals surface area contributed by atoms with Gasteiger partial charge in [0.15, 0.2) is 18.1 Å². The summed E-state index contributed by atoms with van der Waals surface area (Å²) in [4.78, 5) is 12.6. The number of nitrogens with zero attached hydrogens (tertiary/aromatic N) is 2. The summed E-state index contributed by atoms with van der Waals surface area (Å²) in [6, 6.07) is 22.2. The molecule has 172 valence electrons. The highest BCUT2D eigenvalue weighted by atomic mass is 16.6. The van der Waals surface area contributed by atoms with Crippen LogP contribution in [0.1, 0.15) is 18.5 Å². The third-order valence-corrected chi connectivity index (χ3v) is 5.37. The van der Waals surface area contributed by atoms with E-state index < -0.39 is 0 Å². The Morgan fingerprint density at radius 3 is 2.53 bits per heavy atom. The SMILES string of the molecule is CC(NC(=O)COc1ccccc1-c1nnc(-c2ccccc2)o1)c1ccc2c(c1)OCCO2. The fourth-order valence-electron chi connectivity index (χ4n) is 3.64. The summed E-state index contributed by atoms with van der Waals surface area (Å²) in [6.07, 6.45) is 0. The molecule has 8 nitrogen and oxygen atoms in total. The van der Waals surface area contributed by atoms with Gasteiger partial charge >= 0.3 is 0 Å². The summed E-state index contributed by atoms with van der Waals surface area (Å²) in [5, 5.41) is 11.2. The predicted molar refractivity (Wildman–Crippen MR) is 125 cm³/mol. The summed E-state index contributed by atoms with van der Waals surface area (Å²) in [6.45, 7) is 2.79. The van der Waals surface area contributed by atoms with Crippen LogP contribution in [0.3, 0.4) is 0 Å². The molecule has 1 atom stereocenters. The quantitative estimate of drug-likeness (QED) is 0.439. The number of para-hydroxylation sites is 1. The van der Waals surface area contributed by atoms with Gasteiger partial charge in [-0.15, -0.1) is 10.2 Å². The molecule has 1 N–H and O–H groups in total. The van der Waals surface area contributed by atoms with Crippen LogP contribution in [-0.2, 0) is 4.79 Å². The van der Waals surface area contributed by atoms with Crippen molar-refractivity contribution >= 4 is 5.91 Å². The average Bonchev–Trinajstić information content (AvgIpc) is 3.38. The molecule has 34 heavy (non-hydrogen) atoms. The van der Waals surface area contributed by atoms with Gasteiger partial charge in [-0.2, -0.15) is 0 Å². The number of hydrogen-bond acceptors (Lipinski definition) is 7. The van der Waals surface area contributed by atoms with Crippen LogP contribution in [-0.4, -0.2) is 35.9 Å². The summed E-state index contributed by atoms with van der Waals surface area (Å²) in [5.41, 5.74) is 2.36.